The van der Waals surface area contributed by atoms with E-state index < -0.39 is 15.8 Å². The molecule has 0 heterocycles. The van der Waals surface area contributed by atoms with Gasteiger partial charge in [0, 0.05) is 17.4 Å². The van der Waals surface area contributed by atoms with E-state index in [0.29, 0.717) is 11.3 Å². The second kappa shape index (κ2) is 7.80. The van der Waals surface area contributed by atoms with Crippen LogP contribution in [0.15, 0.2) is 77.7 Å². The fourth-order valence-electron chi connectivity index (χ4n) is 2.83. The van der Waals surface area contributed by atoms with Crippen molar-refractivity contribution in [1.29, 1.82) is 0 Å². The number of nitrogens with one attached hydrogen (secondary N) is 2. The lowest BCUT2D eigenvalue weighted by Gasteiger charge is -2.16. The van der Waals surface area contributed by atoms with Gasteiger partial charge >= 0.3 is 0 Å². The monoisotopic (exact) mass is 384 g/mol. The molecule has 0 fully saturated rings. The zero-order valence-electron chi connectivity index (χ0n) is 15.1. The van der Waals surface area contributed by atoms with Gasteiger partial charge in [0.25, 0.3) is 10.0 Å². The fourth-order valence-corrected chi connectivity index (χ4v) is 4.12. The summed E-state index contributed by atoms with van der Waals surface area (Å²) in [6, 6.07) is 20.8. The Kier molecular flexibility index (Phi) is 5.46. The Labute approximate surface area is 159 Å². The van der Waals surface area contributed by atoms with Crippen molar-refractivity contribution in [3.05, 3.63) is 89.7 Å². The number of benzene rings is 3. The maximum absolute atomic E-state index is 13.2. The van der Waals surface area contributed by atoms with E-state index in [0.717, 1.165) is 17.3 Å². The Morgan fingerprint density at radius 2 is 1.52 bits per heavy atom. The van der Waals surface area contributed by atoms with Crippen molar-refractivity contribution < 1.29 is 12.8 Å². The summed E-state index contributed by atoms with van der Waals surface area (Å²) in [7, 11) is -3.78. The van der Waals surface area contributed by atoms with Crippen molar-refractivity contribution >= 4 is 21.4 Å². The molecule has 0 saturated heterocycles. The highest BCUT2D eigenvalue weighted by atomic mass is 32.2. The molecule has 3 rings (SSSR count). The standard InChI is InChI=1S/C21H21FN2O2S/c1-15-14-18(22)8-13-21(15)27(25,26)24-20-11-9-19(10-12-20)23-16(2)17-6-4-3-5-7-17/h3-14,16,23-24H,1-2H3. The van der Waals surface area contributed by atoms with Crippen molar-refractivity contribution in [1.82, 2.24) is 0 Å². The van der Waals surface area contributed by atoms with Gasteiger partial charge in [-0.2, -0.15) is 0 Å². The molecule has 0 aliphatic carbocycles. The molecule has 6 heteroatoms. The zero-order valence-corrected chi connectivity index (χ0v) is 15.9. The van der Waals surface area contributed by atoms with E-state index in [-0.39, 0.29) is 10.9 Å². The molecular formula is C21H21FN2O2S. The van der Waals surface area contributed by atoms with Crippen molar-refractivity contribution in [2.24, 2.45) is 0 Å². The second-order valence-corrected chi connectivity index (χ2v) is 8.02. The lowest BCUT2D eigenvalue weighted by molar-refractivity contribution is 0.598. The maximum atomic E-state index is 13.2. The number of anilines is 2. The van der Waals surface area contributed by atoms with Gasteiger partial charge < -0.3 is 5.32 Å². The van der Waals surface area contributed by atoms with Crippen LogP contribution in [0, 0.1) is 12.7 Å². The van der Waals surface area contributed by atoms with Crippen LogP contribution in [0.25, 0.3) is 0 Å². The third-order valence-electron chi connectivity index (χ3n) is 4.25. The highest BCUT2D eigenvalue weighted by Crippen LogP contribution is 2.23. The topological polar surface area (TPSA) is 58.2 Å². The molecule has 3 aromatic carbocycles. The Morgan fingerprint density at radius 1 is 0.889 bits per heavy atom. The van der Waals surface area contributed by atoms with E-state index in [1.807, 2.05) is 42.5 Å². The van der Waals surface area contributed by atoms with Crippen LogP contribution in [0.3, 0.4) is 0 Å². The molecule has 0 bridgehead atoms. The minimum Gasteiger partial charge on any atom is -0.379 e. The molecule has 0 aliphatic heterocycles. The summed E-state index contributed by atoms with van der Waals surface area (Å²) < 4.78 is 40.8. The molecule has 0 aliphatic rings. The van der Waals surface area contributed by atoms with Gasteiger partial charge in [-0.1, -0.05) is 30.3 Å². The lowest BCUT2D eigenvalue weighted by Crippen LogP contribution is -2.14. The first-order valence-electron chi connectivity index (χ1n) is 8.56. The van der Waals surface area contributed by atoms with E-state index in [2.05, 4.69) is 17.0 Å². The molecular weight excluding hydrogens is 363 g/mol. The summed E-state index contributed by atoms with van der Waals surface area (Å²) in [5, 5.41) is 3.38. The molecule has 0 amide bonds. The second-order valence-electron chi connectivity index (χ2n) is 6.37. The van der Waals surface area contributed by atoms with Gasteiger partial charge in [-0.3, -0.25) is 4.72 Å². The summed E-state index contributed by atoms with van der Waals surface area (Å²) >= 11 is 0. The summed E-state index contributed by atoms with van der Waals surface area (Å²) in [6.45, 7) is 3.62. The van der Waals surface area contributed by atoms with Crippen LogP contribution in [0.4, 0.5) is 15.8 Å². The summed E-state index contributed by atoms with van der Waals surface area (Å²) in [6.07, 6.45) is 0. The van der Waals surface area contributed by atoms with E-state index in [1.54, 1.807) is 19.1 Å². The molecule has 1 unspecified atom stereocenters. The first-order chi connectivity index (χ1) is 12.8. The number of aryl methyl sites for hydroxylation is 1. The maximum Gasteiger partial charge on any atom is 0.262 e. The van der Waals surface area contributed by atoms with Gasteiger partial charge in [0.15, 0.2) is 0 Å². The summed E-state index contributed by atoms with van der Waals surface area (Å²) in [5.74, 6) is -0.464. The predicted molar refractivity (Wildman–Crippen MR) is 107 cm³/mol. The van der Waals surface area contributed by atoms with Crippen LogP contribution in [-0.4, -0.2) is 8.42 Å². The first-order valence-corrected chi connectivity index (χ1v) is 10.0. The molecule has 3 aromatic rings. The summed E-state index contributed by atoms with van der Waals surface area (Å²) in [4.78, 5) is 0.0591. The van der Waals surface area contributed by atoms with Crippen molar-refractivity contribution in [2.45, 2.75) is 24.8 Å². The molecule has 0 saturated carbocycles. The van der Waals surface area contributed by atoms with Crippen LogP contribution < -0.4 is 10.0 Å². The van der Waals surface area contributed by atoms with Gasteiger partial charge in [-0.25, -0.2) is 12.8 Å². The third kappa shape index (κ3) is 4.65. The SMILES string of the molecule is Cc1cc(F)ccc1S(=O)(=O)Nc1ccc(NC(C)c2ccccc2)cc1. The van der Waals surface area contributed by atoms with Crippen molar-refractivity contribution in [3.63, 3.8) is 0 Å². The highest BCUT2D eigenvalue weighted by molar-refractivity contribution is 7.92. The van der Waals surface area contributed by atoms with Gasteiger partial charge in [-0.15, -0.1) is 0 Å². The average Bonchev–Trinajstić information content (AvgIpc) is 2.63. The van der Waals surface area contributed by atoms with E-state index in [4.69, 9.17) is 0 Å². The number of rotatable bonds is 6. The molecule has 140 valence electrons. The predicted octanol–water partition coefficient (Wildman–Crippen LogP) is 5.11. The average molecular weight is 384 g/mol. The van der Waals surface area contributed by atoms with Crippen LogP contribution in [0.2, 0.25) is 0 Å². The number of hydrogen-bond acceptors (Lipinski definition) is 3. The van der Waals surface area contributed by atoms with Crippen LogP contribution >= 0.6 is 0 Å². The molecule has 0 aromatic heterocycles. The Morgan fingerprint density at radius 3 is 2.15 bits per heavy atom. The van der Waals surface area contributed by atoms with Gasteiger partial charge in [0.2, 0.25) is 0 Å². The molecule has 0 radical (unpaired) electrons. The molecule has 1 atom stereocenters. The third-order valence-corrected chi connectivity index (χ3v) is 5.79. The molecule has 2 N–H and O–H groups in total. The van der Waals surface area contributed by atoms with Crippen LogP contribution in [0.5, 0.6) is 0 Å². The number of hydrogen-bond donors (Lipinski definition) is 2. The van der Waals surface area contributed by atoms with Crippen molar-refractivity contribution in [3.8, 4) is 0 Å². The first kappa shape index (κ1) is 18.9. The normalized spacial score (nSPS) is 12.4. The largest absolute Gasteiger partial charge is 0.379 e. The highest BCUT2D eigenvalue weighted by Gasteiger charge is 2.17. The number of sulfonamides is 1. The Balaban J connectivity index is 1.72. The van der Waals surface area contributed by atoms with Crippen molar-refractivity contribution in [2.75, 3.05) is 10.0 Å². The van der Waals surface area contributed by atoms with Crippen LogP contribution in [0.1, 0.15) is 24.1 Å². The zero-order chi connectivity index (χ0) is 19.4. The molecule has 27 heavy (non-hydrogen) atoms. The minimum absolute atomic E-state index is 0.0591. The Hall–Kier alpha value is -2.86. The number of halogens is 1. The Bertz CT molecular complexity index is 1020. The molecule has 4 nitrogen and oxygen atoms in total. The minimum atomic E-state index is -3.78. The van der Waals surface area contributed by atoms with Crippen LogP contribution in [-0.2, 0) is 10.0 Å². The van der Waals surface area contributed by atoms with E-state index >= 15 is 0 Å². The summed E-state index contributed by atoms with van der Waals surface area (Å²) in [5.41, 5.74) is 2.84. The van der Waals surface area contributed by atoms with E-state index in [9.17, 15) is 12.8 Å². The van der Waals surface area contributed by atoms with Gasteiger partial charge in [0.05, 0.1) is 4.90 Å². The smallest absolute Gasteiger partial charge is 0.262 e. The van der Waals surface area contributed by atoms with Gasteiger partial charge in [0.1, 0.15) is 5.82 Å². The molecule has 0 spiro atoms. The van der Waals surface area contributed by atoms with E-state index in [1.165, 1.54) is 12.1 Å². The van der Waals surface area contributed by atoms with Gasteiger partial charge in [-0.05, 0) is 67.4 Å². The quantitative estimate of drug-likeness (QED) is 0.621. The fraction of sp³-hybridized carbons (Fsp3) is 0.143. The lowest BCUT2D eigenvalue weighted by atomic mass is 10.1.